The van der Waals surface area contributed by atoms with E-state index in [-0.39, 0.29) is 37.1 Å². The van der Waals surface area contributed by atoms with Crippen molar-refractivity contribution in [1.82, 2.24) is 10.3 Å². The third-order valence-corrected chi connectivity index (χ3v) is 4.44. The summed E-state index contributed by atoms with van der Waals surface area (Å²) in [6, 6.07) is 6.09. The smallest absolute Gasteiger partial charge is 0.229 e. The van der Waals surface area contributed by atoms with Crippen molar-refractivity contribution in [2.24, 2.45) is 5.92 Å². The van der Waals surface area contributed by atoms with Crippen LogP contribution in [0.3, 0.4) is 0 Å². The molecule has 1 aliphatic heterocycles. The van der Waals surface area contributed by atoms with Crippen LogP contribution in [0.2, 0.25) is 0 Å². The van der Waals surface area contributed by atoms with Gasteiger partial charge in [-0.15, -0.1) is 11.3 Å². The number of halogens is 1. The summed E-state index contributed by atoms with van der Waals surface area (Å²) in [7, 11) is 0. The molecule has 1 aromatic heterocycles. The normalized spacial score (nSPS) is 17.1. The third kappa shape index (κ3) is 3.70. The Hall–Kier alpha value is -2.48. The molecule has 0 saturated carbocycles. The molecule has 126 valence electrons. The molecule has 0 radical (unpaired) electrons. The van der Waals surface area contributed by atoms with Crippen LogP contribution in [0.15, 0.2) is 35.8 Å². The molecule has 1 N–H and O–H groups in total. The highest BCUT2D eigenvalue weighted by Crippen LogP contribution is 2.26. The topological polar surface area (TPSA) is 71.5 Å². The lowest BCUT2D eigenvalue weighted by Gasteiger charge is -2.13. The van der Waals surface area contributed by atoms with E-state index < -0.39 is 11.7 Å². The van der Waals surface area contributed by atoms with E-state index in [9.17, 15) is 14.0 Å². The molecule has 1 fully saturated rings. The molecule has 0 bridgehead atoms. The van der Waals surface area contributed by atoms with Crippen LogP contribution >= 0.6 is 11.3 Å². The van der Waals surface area contributed by atoms with E-state index in [0.29, 0.717) is 11.7 Å². The minimum atomic E-state index is -0.440. The molecule has 2 amide bonds. The maximum atomic E-state index is 13.4. The van der Waals surface area contributed by atoms with Gasteiger partial charge in [-0.05, 0) is 12.1 Å². The molecule has 3 rings (SSSR count). The van der Waals surface area contributed by atoms with Crippen LogP contribution in [0.25, 0.3) is 0 Å². The number of aromatic nitrogens is 1. The Balaban J connectivity index is 1.44. The predicted molar refractivity (Wildman–Crippen MR) is 87.5 cm³/mol. The minimum Gasteiger partial charge on any atom is -0.489 e. The Morgan fingerprint density at radius 1 is 1.46 bits per heavy atom. The number of nitrogens with zero attached hydrogens (tertiary/aromatic N) is 2. The number of ether oxygens (including phenoxy) is 1. The summed E-state index contributed by atoms with van der Waals surface area (Å²) in [6.45, 7) is 0.727. The first kappa shape index (κ1) is 16.4. The van der Waals surface area contributed by atoms with Gasteiger partial charge in [-0.2, -0.15) is 0 Å². The summed E-state index contributed by atoms with van der Waals surface area (Å²) < 4.78 is 18.7. The van der Waals surface area contributed by atoms with Gasteiger partial charge in [0.15, 0.2) is 16.7 Å². The number of para-hydroxylation sites is 1. The quantitative estimate of drug-likeness (QED) is 0.808. The van der Waals surface area contributed by atoms with Gasteiger partial charge in [0.25, 0.3) is 0 Å². The van der Waals surface area contributed by atoms with Crippen molar-refractivity contribution < 1.29 is 18.7 Å². The lowest BCUT2D eigenvalue weighted by molar-refractivity contribution is -0.126. The Bertz CT molecular complexity index is 723. The molecule has 0 spiro atoms. The lowest BCUT2D eigenvalue weighted by Crippen LogP contribution is -2.35. The molecular formula is C16H16FN3O3S. The standard InChI is InChI=1S/C16H16FN3O3S/c17-12-3-1-2-4-13(12)23-7-5-18-15(22)11-9-14(21)20(10-11)16-19-6-8-24-16/h1-4,6,8,11H,5,7,9-10H2,(H,18,22). The van der Waals surface area contributed by atoms with Crippen molar-refractivity contribution in [2.45, 2.75) is 6.42 Å². The van der Waals surface area contributed by atoms with Crippen LogP contribution in [0.1, 0.15) is 6.42 Å². The average molecular weight is 349 g/mol. The molecule has 6 nitrogen and oxygen atoms in total. The predicted octanol–water partition coefficient (Wildman–Crippen LogP) is 1.83. The second-order valence-corrected chi connectivity index (χ2v) is 6.16. The number of anilines is 1. The molecule has 1 aliphatic rings. The lowest BCUT2D eigenvalue weighted by atomic mass is 10.1. The monoisotopic (exact) mass is 349 g/mol. The number of carbonyl (C=O) groups is 2. The van der Waals surface area contributed by atoms with Gasteiger partial charge < -0.3 is 10.1 Å². The summed E-state index contributed by atoms with van der Waals surface area (Å²) in [5.41, 5.74) is 0. The van der Waals surface area contributed by atoms with Gasteiger partial charge in [-0.25, -0.2) is 9.37 Å². The first-order valence-corrected chi connectivity index (χ1v) is 8.38. The number of nitrogens with one attached hydrogen (secondary N) is 1. The fraction of sp³-hybridized carbons (Fsp3) is 0.312. The van der Waals surface area contributed by atoms with Crippen LogP contribution in [-0.4, -0.2) is 36.5 Å². The van der Waals surface area contributed by atoms with Crippen LogP contribution in [0, 0.1) is 11.7 Å². The Morgan fingerprint density at radius 2 is 2.29 bits per heavy atom. The van der Waals surface area contributed by atoms with Gasteiger partial charge in [-0.3, -0.25) is 14.5 Å². The second kappa shape index (κ2) is 7.39. The molecule has 1 unspecified atom stereocenters. The van der Waals surface area contributed by atoms with Crippen molar-refractivity contribution in [2.75, 3.05) is 24.6 Å². The third-order valence-electron chi connectivity index (χ3n) is 3.64. The maximum absolute atomic E-state index is 13.4. The molecule has 2 heterocycles. The fourth-order valence-corrected chi connectivity index (χ4v) is 3.13. The molecule has 0 aliphatic carbocycles. The molecule has 1 atom stereocenters. The number of benzene rings is 1. The fourth-order valence-electron chi connectivity index (χ4n) is 2.46. The van der Waals surface area contributed by atoms with Gasteiger partial charge in [-0.1, -0.05) is 12.1 Å². The Kier molecular flexibility index (Phi) is 5.05. The minimum absolute atomic E-state index is 0.104. The molecule has 2 aromatic rings. The molecule has 24 heavy (non-hydrogen) atoms. The maximum Gasteiger partial charge on any atom is 0.229 e. The average Bonchev–Trinajstić information content (AvgIpc) is 3.22. The zero-order valence-electron chi connectivity index (χ0n) is 12.8. The van der Waals surface area contributed by atoms with Gasteiger partial charge in [0.05, 0.1) is 12.5 Å². The van der Waals surface area contributed by atoms with Crippen LogP contribution in [0.5, 0.6) is 5.75 Å². The van der Waals surface area contributed by atoms with Gasteiger partial charge in [0.1, 0.15) is 6.61 Å². The molecule has 1 aromatic carbocycles. The van der Waals surface area contributed by atoms with Crippen molar-refractivity contribution in [1.29, 1.82) is 0 Å². The zero-order chi connectivity index (χ0) is 16.9. The molecular weight excluding hydrogens is 333 g/mol. The van der Waals surface area contributed by atoms with Crippen LogP contribution in [0.4, 0.5) is 9.52 Å². The Morgan fingerprint density at radius 3 is 3.04 bits per heavy atom. The SMILES string of the molecule is O=C(NCCOc1ccccc1F)C1CC(=O)N(c2nccs2)C1. The number of amides is 2. The summed E-state index contributed by atoms with van der Waals surface area (Å²) >= 11 is 1.36. The number of thiazole rings is 1. The number of rotatable bonds is 6. The number of hydrogen-bond acceptors (Lipinski definition) is 5. The van der Waals surface area contributed by atoms with Crippen LogP contribution in [-0.2, 0) is 9.59 Å². The second-order valence-electron chi connectivity index (χ2n) is 5.29. The van der Waals surface area contributed by atoms with E-state index in [4.69, 9.17) is 4.74 Å². The van der Waals surface area contributed by atoms with Gasteiger partial charge >= 0.3 is 0 Å². The van der Waals surface area contributed by atoms with E-state index in [1.165, 1.54) is 28.4 Å². The van der Waals surface area contributed by atoms with Crippen molar-refractivity contribution in [3.8, 4) is 5.75 Å². The largest absolute Gasteiger partial charge is 0.489 e. The van der Waals surface area contributed by atoms with Crippen molar-refractivity contribution in [3.05, 3.63) is 41.7 Å². The Labute approximate surface area is 142 Å². The van der Waals surface area contributed by atoms with Crippen molar-refractivity contribution in [3.63, 3.8) is 0 Å². The highest BCUT2D eigenvalue weighted by Gasteiger charge is 2.35. The van der Waals surface area contributed by atoms with Gasteiger partial charge in [0.2, 0.25) is 11.8 Å². The summed E-state index contributed by atoms with van der Waals surface area (Å²) in [5.74, 6) is -1.01. The van der Waals surface area contributed by atoms with E-state index in [2.05, 4.69) is 10.3 Å². The van der Waals surface area contributed by atoms with E-state index in [1.807, 2.05) is 0 Å². The van der Waals surface area contributed by atoms with E-state index in [1.54, 1.807) is 23.7 Å². The zero-order valence-corrected chi connectivity index (χ0v) is 13.6. The summed E-state index contributed by atoms with van der Waals surface area (Å²) in [6.07, 6.45) is 1.79. The summed E-state index contributed by atoms with van der Waals surface area (Å²) in [5, 5.41) is 5.12. The number of hydrogen-bond donors (Lipinski definition) is 1. The first-order chi connectivity index (χ1) is 11.6. The van der Waals surface area contributed by atoms with Crippen molar-refractivity contribution >= 4 is 28.3 Å². The molecule has 1 saturated heterocycles. The summed E-state index contributed by atoms with van der Waals surface area (Å²) in [4.78, 5) is 29.8. The first-order valence-electron chi connectivity index (χ1n) is 7.50. The highest BCUT2D eigenvalue weighted by molar-refractivity contribution is 7.13. The molecule has 8 heteroatoms. The van der Waals surface area contributed by atoms with Gasteiger partial charge in [0, 0.05) is 24.5 Å². The van der Waals surface area contributed by atoms with Crippen LogP contribution < -0.4 is 15.0 Å². The van der Waals surface area contributed by atoms with E-state index >= 15 is 0 Å². The number of carbonyl (C=O) groups excluding carboxylic acids is 2. The highest BCUT2D eigenvalue weighted by atomic mass is 32.1. The van der Waals surface area contributed by atoms with E-state index in [0.717, 1.165) is 0 Å².